The average molecular weight is 288 g/mol. The highest BCUT2D eigenvalue weighted by atomic mass is 16.5. The summed E-state index contributed by atoms with van der Waals surface area (Å²) in [7, 11) is 0. The number of ether oxygens (including phenoxy) is 1. The zero-order valence-corrected chi connectivity index (χ0v) is 12.3. The van der Waals surface area contributed by atoms with Gasteiger partial charge in [-0.2, -0.15) is 15.0 Å². The molecule has 0 aliphatic heterocycles. The Morgan fingerprint density at radius 1 is 1.05 bits per heavy atom. The lowest BCUT2D eigenvalue weighted by atomic mass is 10.3. The molecule has 7 heteroatoms. The SMILES string of the molecule is CCNc1nc(NCCc2ccccn2)nc(OCC)n1. The first-order chi connectivity index (χ1) is 10.3. The van der Waals surface area contributed by atoms with E-state index >= 15 is 0 Å². The Morgan fingerprint density at radius 2 is 1.86 bits per heavy atom. The molecule has 112 valence electrons. The molecule has 0 aromatic carbocycles. The fourth-order valence-corrected chi connectivity index (χ4v) is 1.71. The van der Waals surface area contributed by atoms with Crippen molar-refractivity contribution in [3.8, 4) is 6.01 Å². The fourth-order valence-electron chi connectivity index (χ4n) is 1.71. The fraction of sp³-hybridized carbons (Fsp3) is 0.429. The minimum atomic E-state index is 0.323. The van der Waals surface area contributed by atoms with Crippen molar-refractivity contribution in [2.75, 3.05) is 30.3 Å². The van der Waals surface area contributed by atoms with E-state index in [0.717, 1.165) is 18.7 Å². The van der Waals surface area contributed by atoms with Crippen LogP contribution in [0.5, 0.6) is 6.01 Å². The van der Waals surface area contributed by atoms with Gasteiger partial charge in [0, 0.05) is 31.4 Å². The number of nitrogens with zero attached hydrogens (tertiary/aromatic N) is 4. The van der Waals surface area contributed by atoms with Gasteiger partial charge in [0.15, 0.2) is 0 Å². The van der Waals surface area contributed by atoms with Crippen molar-refractivity contribution < 1.29 is 4.74 Å². The zero-order valence-electron chi connectivity index (χ0n) is 12.3. The third kappa shape index (κ3) is 4.87. The van der Waals surface area contributed by atoms with E-state index in [2.05, 4.69) is 30.6 Å². The number of hydrogen-bond donors (Lipinski definition) is 2. The van der Waals surface area contributed by atoms with E-state index in [9.17, 15) is 0 Å². The normalized spacial score (nSPS) is 10.2. The van der Waals surface area contributed by atoms with Crippen LogP contribution in [0.1, 0.15) is 19.5 Å². The smallest absolute Gasteiger partial charge is 0.323 e. The molecule has 0 atom stereocenters. The van der Waals surface area contributed by atoms with Gasteiger partial charge in [-0.05, 0) is 26.0 Å². The van der Waals surface area contributed by atoms with E-state index in [1.165, 1.54) is 0 Å². The van der Waals surface area contributed by atoms with Gasteiger partial charge in [-0.3, -0.25) is 4.98 Å². The Morgan fingerprint density at radius 3 is 2.52 bits per heavy atom. The van der Waals surface area contributed by atoms with Gasteiger partial charge in [-0.25, -0.2) is 0 Å². The van der Waals surface area contributed by atoms with Gasteiger partial charge >= 0.3 is 6.01 Å². The Bertz CT molecular complexity index is 524. The quantitative estimate of drug-likeness (QED) is 0.765. The van der Waals surface area contributed by atoms with Crippen molar-refractivity contribution in [2.45, 2.75) is 20.3 Å². The molecule has 2 N–H and O–H groups in total. The van der Waals surface area contributed by atoms with Gasteiger partial charge < -0.3 is 15.4 Å². The molecule has 2 rings (SSSR count). The van der Waals surface area contributed by atoms with Crippen molar-refractivity contribution >= 4 is 11.9 Å². The standard InChI is InChI=1S/C14H20N6O/c1-3-15-12-18-13(20-14(19-12)21-4-2)17-10-8-11-7-5-6-9-16-11/h5-7,9H,3-4,8,10H2,1-2H3,(H2,15,17,18,19,20). The van der Waals surface area contributed by atoms with Crippen LogP contribution in [-0.4, -0.2) is 39.6 Å². The first kappa shape index (κ1) is 15.0. The first-order valence-corrected chi connectivity index (χ1v) is 7.08. The highest BCUT2D eigenvalue weighted by Gasteiger charge is 2.06. The van der Waals surface area contributed by atoms with Gasteiger partial charge in [-0.15, -0.1) is 0 Å². The molecule has 0 bridgehead atoms. The van der Waals surface area contributed by atoms with Crippen molar-refractivity contribution in [1.29, 1.82) is 0 Å². The topological polar surface area (TPSA) is 84.9 Å². The third-order valence-corrected chi connectivity index (χ3v) is 2.61. The lowest BCUT2D eigenvalue weighted by Gasteiger charge is -2.09. The van der Waals surface area contributed by atoms with Gasteiger partial charge in [0.05, 0.1) is 6.61 Å². The Hall–Kier alpha value is -2.44. The van der Waals surface area contributed by atoms with Gasteiger partial charge in [0.2, 0.25) is 11.9 Å². The summed E-state index contributed by atoms with van der Waals surface area (Å²) in [4.78, 5) is 17.0. The number of hydrogen-bond acceptors (Lipinski definition) is 7. The lowest BCUT2D eigenvalue weighted by Crippen LogP contribution is -2.13. The number of pyridine rings is 1. The maximum Gasteiger partial charge on any atom is 0.323 e. The van der Waals surface area contributed by atoms with Crippen molar-refractivity contribution in [2.24, 2.45) is 0 Å². The summed E-state index contributed by atoms with van der Waals surface area (Å²) in [6, 6.07) is 6.19. The number of aromatic nitrogens is 4. The summed E-state index contributed by atoms with van der Waals surface area (Å²) >= 11 is 0. The second kappa shape index (κ2) is 7.98. The van der Waals surface area contributed by atoms with Crippen molar-refractivity contribution in [3.05, 3.63) is 30.1 Å². The van der Waals surface area contributed by atoms with E-state index in [4.69, 9.17) is 4.74 Å². The highest BCUT2D eigenvalue weighted by molar-refractivity contribution is 5.35. The summed E-state index contributed by atoms with van der Waals surface area (Å²) in [6.45, 7) is 5.83. The maximum absolute atomic E-state index is 5.34. The van der Waals surface area contributed by atoms with Crippen LogP contribution in [0.15, 0.2) is 24.4 Å². The van der Waals surface area contributed by atoms with Gasteiger partial charge in [-0.1, -0.05) is 6.07 Å². The molecule has 21 heavy (non-hydrogen) atoms. The largest absolute Gasteiger partial charge is 0.464 e. The lowest BCUT2D eigenvalue weighted by molar-refractivity contribution is 0.312. The predicted octanol–water partition coefficient (Wildman–Crippen LogP) is 1.75. The average Bonchev–Trinajstić information content (AvgIpc) is 2.49. The molecule has 2 aromatic heterocycles. The number of nitrogens with one attached hydrogen (secondary N) is 2. The molecule has 0 amide bonds. The minimum Gasteiger partial charge on any atom is -0.464 e. The molecule has 0 aliphatic carbocycles. The highest BCUT2D eigenvalue weighted by Crippen LogP contribution is 2.11. The van der Waals surface area contributed by atoms with Gasteiger partial charge in [0.1, 0.15) is 0 Å². The van der Waals surface area contributed by atoms with Crippen LogP contribution >= 0.6 is 0 Å². The molecule has 0 spiro atoms. The predicted molar refractivity (Wildman–Crippen MR) is 81.6 cm³/mol. The molecule has 0 saturated carbocycles. The van der Waals surface area contributed by atoms with Crippen molar-refractivity contribution in [1.82, 2.24) is 19.9 Å². The molecule has 0 saturated heterocycles. The molecule has 0 unspecified atom stereocenters. The minimum absolute atomic E-state index is 0.323. The molecule has 0 fully saturated rings. The van der Waals surface area contributed by atoms with Crippen LogP contribution in [0.3, 0.4) is 0 Å². The zero-order chi connectivity index (χ0) is 14.9. The summed E-state index contributed by atoms with van der Waals surface area (Å²) in [5.74, 6) is 1.01. The van der Waals surface area contributed by atoms with Crippen molar-refractivity contribution in [3.63, 3.8) is 0 Å². The van der Waals surface area contributed by atoms with Gasteiger partial charge in [0.25, 0.3) is 0 Å². The second-order valence-corrected chi connectivity index (χ2v) is 4.23. The molecule has 0 aliphatic rings. The molecule has 2 aromatic rings. The maximum atomic E-state index is 5.34. The monoisotopic (exact) mass is 288 g/mol. The second-order valence-electron chi connectivity index (χ2n) is 4.23. The molecule has 0 radical (unpaired) electrons. The van der Waals surface area contributed by atoms with E-state index in [1.807, 2.05) is 32.0 Å². The summed E-state index contributed by atoms with van der Waals surface area (Å²) in [5.41, 5.74) is 1.02. The Balaban J connectivity index is 1.97. The number of rotatable bonds is 8. The molecule has 7 nitrogen and oxygen atoms in total. The van der Waals surface area contributed by atoms with Crippen LogP contribution in [0.2, 0.25) is 0 Å². The number of anilines is 2. The Labute approximate surface area is 124 Å². The van der Waals surface area contributed by atoms with Crippen LogP contribution < -0.4 is 15.4 Å². The summed E-state index contributed by atoms with van der Waals surface area (Å²) < 4.78 is 5.34. The first-order valence-electron chi connectivity index (χ1n) is 7.08. The van der Waals surface area contributed by atoms with Crippen LogP contribution in [-0.2, 0) is 6.42 Å². The summed E-state index contributed by atoms with van der Waals surface area (Å²) in [5, 5.41) is 6.23. The molecular formula is C14H20N6O. The van der Waals surface area contributed by atoms with Crippen LogP contribution in [0.4, 0.5) is 11.9 Å². The molecule has 2 heterocycles. The summed E-state index contributed by atoms with van der Waals surface area (Å²) in [6.07, 6.45) is 2.59. The van der Waals surface area contributed by atoms with E-state index in [-0.39, 0.29) is 0 Å². The van der Waals surface area contributed by atoms with Crippen LogP contribution in [0.25, 0.3) is 0 Å². The van der Waals surface area contributed by atoms with E-state index < -0.39 is 0 Å². The molecular weight excluding hydrogens is 268 g/mol. The third-order valence-electron chi connectivity index (χ3n) is 2.61. The Kier molecular flexibility index (Phi) is 5.69. The van der Waals surface area contributed by atoms with E-state index in [1.54, 1.807) is 6.20 Å². The van der Waals surface area contributed by atoms with Crippen LogP contribution in [0, 0.1) is 0 Å². The van der Waals surface area contributed by atoms with E-state index in [0.29, 0.717) is 31.1 Å².